The van der Waals surface area contributed by atoms with Crippen LogP contribution in [0.3, 0.4) is 0 Å². The van der Waals surface area contributed by atoms with Crippen LogP contribution in [0.25, 0.3) is 10.9 Å². The minimum atomic E-state index is -0.784. The molecule has 7 heteroatoms. The predicted molar refractivity (Wildman–Crippen MR) is 102 cm³/mol. The number of nitrogens with one attached hydrogen (secondary N) is 1. The van der Waals surface area contributed by atoms with Crippen molar-refractivity contribution in [1.29, 1.82) is 0 Å². The Bertz CT molecular complexity index is 983. The normalized spacial score (nSPS) is 12.1. The highest BCUT2D eigenvalue weighted by Gasteiger charge is 2.16. The third kappa shape index (κ3) is 4.14. The van der Waals surface area contributed by atoms with E-state index in [2.05, 4.69) is 15.5 Å². The van der Waals surface area contributed by atoms with Gasteiger partial charge in [0, 0.05) is 17.1 Å². The number of aromatic nitrogens is 1. The number of methoxy groups -OCH3 is 1. The van der Waals surface area contributed by atoms with E-state index in [9.17, 15) is 9.90 Å². The molecule has 0 spiro atoms. The van der Waals surface area contributed by atoms with Crippen molar-refractivity contribution < 1.29 is 19.4 Å². The van der Waals surface area contributed by atoms with E-state index in [0.29, 0.717) is 22.6 Å². The molecular formula is C20H19N3O4. The summed E-state index contributed by atoms with van der Waals surface area (Å²) in [5.41, 5.74) is 3.50. The van der Waals surface area contributed by atoms with Gasteiger partial charge in [0.05, 0.1) is 13.3 Å². The number of nitrogens with zero attached hydrogens (tertiary/aromatic N) is 2. The van der Waals surface area contributed by atoms with E-state index in [1.165, 1.54) is 13.3 Å². The average Bonchev–Trinajstić information content (AvgIpc) is 2.69. The molecule has 0 saturated carbocycles. The Morgan fingerprint density at radius 2 is 1.93 bits per heavy atom. The molecule has 3 rings (SSSR count). The molecule has 27 heavy (non-hydrogen) atoms. The summed E-state index contributed by atoms with van der Waals surface area (Å²) >= 11 is 0. The van der Waals surface area contributed by atoms with Crippen molar-refractivity contribution in [3.8, 4) is 17.2 Å². The lowest BCUT2D eigenvalue weighted by atomic mass is 10.2. The molecule has 0 radical (unpaired) electrons. The molecule has 2 aromatic carbocycles. The molecule has 1 unspecified atom stereocenters. The lowest BCUT2D eigenvalue weighted by molar-refractivity contribution is -0.127. The number of carbonyl (C=O) groups is 1. The number of phenolic OH excluding ortho intramolecular Hbond substituents is 1. The largest absolute Gasteiger partial charge is 0.504 e. The molecule has 138 valence electrons. The van der Waals surface area contributed by atoms with Crippen LogP contribution >= 0.6 is 0 Å². The van der Waals surface area contributed by atoms with Gasteiger partial charge in [0.1, 0.15) is 11.3 Å². The summed E-state index contributed by atoms with van der Waals surface area (Å²) in [6.07, 6.45) is 2.22. The highest BCUT2D eigenvalue weighted by atomic mass is 16.5. The molecule has 1 aromatic heterocycles. The Hall–Kier alpha value is -3.61. The Morgan fingerprint density at radius 3 is 2.74 bits per heavy atom. The van der Waals surface area contributed by atoms with Gasteiger partial charge in [0.15, 0.2) is 17.6 Å². The molecule has 0 fully saturated rings. The first kappa shape index (κ1) is 18.2. The second-order valence-electron chi connectivity index (χ2n) is 5.72. The molecule has 0 bridgehead atoms. The van der Waals surface area contributed by atoms with Crippen LogP contribution in [0, 0.1) is 0 Å². The van der Waals surface area contributed by atoms with Crippen LogP contribution in [-0.2, 0) is 4.79 Å². The zero-order chi connectivity index (χ0) is 19.2. The summed E-state index contributed by atoms with van der Waals surface area (Å²) < 4.78 is 10.8. The summed E-state index contributed by atoms with van der Waals surface area (Å²) in [7, 11) is 1.46. The van der Waals surface area contributed by atoms with Crippen LogP contribution in [0.1, 0.15) is 12.5 Å². The van der Waals surface area contributed by atoms with Gasteiger partial charge in [-0.05, 0) is 31.2 Å². The molecule has 1 amide bonds. The Labute approximate surface area is 156 Å². The van der Waals surface area contributed by atoms with Crippen molar-refractivity contribution in [2.75, 3.05) is 7.11 Å². The second-order valence-corrected chi connectivity index (χ2v) is 5.72. The fraction of sp³-hybridized carbons (Fsp3) is 0.150. The van der Waals surface area contributed by atoms with Gasteiger partial charge in [-0.1, -0.05) is 24.3 Å². The molecule has 0 saturated heterocycles. The molecular weight excluding hydrogens is 346 g/mol. The van der Waals surface area contributed by atoms with Gasteiger partial charge < -0.3 is 14.6 Å². The van der Waals surface area contributed by atoms with Crippen LogP contribution in [0.4, 0.5) is 0 Å². The number of phenols is 1. The van der Waals surface area contributed by atoms with Gasteiger partial charge in [-0.25, -0.2) is 5.43 Å². The highest BCUT2D eigenvalue weighted by Crippen LogP contribution is 2.28. The molecule has 7 nitrogen and oxygen atoms in total. The first-order chi connectivity index (χ1) is 13.1. The highest BCUT2D eigenvalue weighted by molar-refractivity contribution is 5.88. The predicted octanol–water partition coefficient (Wildman–Crippen LogP) is 2.87. The van der Waals surface area contributed by atoms with Gasteiger partial charge in [0.2, 0.25) is 0 Å². The van der Waals surface area contributed by atoms with Crippen molar-refractivity contribution in [2.45, 2.75) is 13.0 Å². The van der Waals surface area contributed by atoms with Crippen LogP contribution < -0.4 is 14.9 Å². The van der Waals surface area contributed by atoms with Crippen LogP contribution in [-0.4, -0.2) is 35.4 Å². The number of amides is 1. The third-order valence-corrected chi connectivity index (χ3v) is 3.90. The lowest BCUT2D eigenvalue weighted by Gasteiger charge is -2.14. The molecule has 0 aliphatic carbocycles. The van der Waals surface area contributed by atoms with E-state index in [4.69, 9.17) is 9.47 Å². The van der Waals surface area contributed by atoms with E-state index >= 15 is 0 Å². The van der Waals surface area contributed by atoms with E-state index in [0.717, 1.165) is 5.39 Å². The topological polar surface area (TPSA) is 93.0 Å². The van der Waals surface area contributed by atoms with E-state index < -0.39 is 12.0 Å². The Kier molecular flexibility index (Phi) is 5.51. The number of rotatable bonds is 6. The number of aromatic hydroxyl groups is 1. The monoisotopic (exact) mass is 365 g/mol. The van der Waals surface area contributed by atoms with Gasteiger partial charge in [-0.15, -0.1) is 0 Å². The first-order valence-electron chi connectivity index (χ1n) is 8.29. The molecule has 3 aromatic rings. The zero-order valence-corrected chi connectivity index (χ0v) is 14.9. The van der Waals surface area contributed by atoms with Crippen LogP contribution in [0.5, 0.6) is 17.2 Å². The van der Waals surface area contributed by atoms with Crippen LogP contribution in [0.2, 0.25) is 0 Å². The molecule has 1 heterocycles. The summed E-state index contributed by atoms with van der Waals surface area (Å²) in [4.78, 5) is 16.5. The Balaban J connectivity index is 1.66. The minimum Gasteiger partial charge on any atom is -0.504 e. The Morgan fingerprint density at radius 1 is 1.19 bits per heavy atom. The number of para-hydroxylation sites is 2. The summed E-state index contributed by atoms with van der Waals surface area (Å²) in [5, 5.41) is 14.8. The smallest absolute Gasteiger partial charge is 0.280 e. The van der Waals surface area contributed by atoms with Gasteiger partial charge in [-0.3, -0.25) is 9.78 Å². The maximum atomic E-state index is 12.2. The van der Waals surface area contributed by atoms with E-state index in [-0.39, 0.29) is 5.75 Å². The number of hydrogen-bond donors (Lipinski definition) is 2. The zero-order valence-electron chi connectivity index (χ0n) is 14.9. The molecule has 1 atom stereocenters. The number of ether oxygens (including phenoxy) is 2. The average molecular weight is 365 g/mol. The van der Waals surface area contributed by atoms with Gasteiger partial charge >= 0.3 is 0 Å². The third-order valence-electron chi connectivity index (χ3n) is 3.90. The quantitative estimate of drug-likeness (QED) is 0.518. The van der Waals surface area contributed by atoms with E-state index in [1.54, 1.807) is 37.4 Å². The standard InChI is InChI=1S/C20H19N3O4/c1-13(27-16-9-3-6-14-8-5-11-21-18(14)16)20(25)23-22-12-15-7-4-10-17(26-2)19(15)24/h3-13,24H,1-2H3,(H,23,25)/b22-12-. The maximum Gasteiger partial charge on any atom is 0.280 e. The summed E-state index contributed by atoms with van der Waals surface area (Å²) in [6.45, 7) is 1.62. The summed E-state index contributed by atoms with van der Waals surface area (Å²) in [5.74, 6) is 0.362. The number of benzene rings is 2. The lowest BCUT2D eigenvalue weighted by Crippen LogP contribution is -2.33. The van der Waals surface area contributed by atoms with Crippen molar-refractivity contribution in [2.24, 2.45) is 5.10 Å². The van der Waals surface area contributed by atoms with Gasteiger partial charge in [0.25, 0.3) is 5.91 Å². The number of hydrazone groups is 1. The molecule has 2 N–H and O–H groups in total. The molecule has 0 aliphatic heterocycles. The molecule has 0 aliphatic rings. The minimum absolute atomic E-state index is 0.0517. The van der Waals surface area contributed by atoms with Crippen molar-refractivity contribution >= 4 is 23.0 Å². The van der Waals surface area contributed by atoms with Crippen LogP contribution in [0.15, 0.2) is 59.8 Å². The second kappa shape index (κ2) is 8.18. The number of fused-ring (bicyclic) bond motifs is 1. The SMILES string of the molecule is COc1cccc(/C=N\NC(=O)C(C)Oc2cccc3cccnc23)c1O. The fourth-order valence-corrected chi connectivity index (χ4v) is 2.48. The van der Waals surface area contributed by atoms with E-state index in [1.807, 2.05) is 24.3 Å². The fourth-order valence-electron chi connectivity index (χ4n) is 2.48. The summed E-state index contributed by atoms with van der Waals surface area (Å²) in [6, 6.07) is 14.3. The number of pyridine rings is 1. The van der Waals surface area contributed by atoms with Crippen molar-refractivity contribution in [3.05, 3.63) is 60.3 Å². The van der Waals surface area contributed by atoms with Crippen molar-refractivity contribution in [1.82, 2.24) is 10.4 Å². The van der Waals surface area contributed by atoms with Crippen molar-refractivity contribution in [3.63, 3.8) is 0 Å². The maximum absolute atomic E-state index is 12.2. The number of carbonyl (C=O) groups excluding carboxylic acids is 1. The first-order valence-corrected chi connectivity index (χ1v) is 8.29. The number of hydrogen-bond acceptors (Lipinski definition) is 6. The van der Waals surface area contributed by atoms with Gasteiger partial charge in [-0.2, -0.15) is 5.10 Å².